The molecule has 7 nitrogen and oxygen atoms in total. The number of aryl methyl sites for hydroxylation is 3. The third-order valence-electron chi connectivity index (χ3n) is 4.38. The highest BCUT2D eigenvalue weighted by Crippen LogP contribution is 2.34. The minimum absolute atomic E-state index is 0.112. The molecule has 0 fully saturated rings. The number of carbonyl (C=O) groups excluding carboxylic acids is 1. The van der Waals surface area contributed by atoms with Crippen LogP contribution < -0.4 is 5.32 Å². The van der Waals surface area contributed by atoms with E-state index < -0.39 is 0 Å². The Morgan fingerprint density at radius 3 is 2.71 bits per heavy atom. The van der Waals surface area contributed by atoms with Gasteiger partial charge in [0, 0.05) is 16.2 Å². The third-order valence-corrected chi connectivity index (χ3v) is 7.29. The van der Waals surface area contributed by atoms with E-state index in [4.69, 9.17) is 4.98 Å². The fraction of sp³-hybridized carbons (Fsp3) is 0.389. The van der Waals surface area contributed by atoms with Gasteiger partial charge in [-0.2, -0.15) is 0 Å². The third kappa shape index (κ3) is 3.40. The van der Waals surface area contributed by atoms with Crippen molar-refractivity contribution in [1.29, 1.82) is 0 Å². The van der Waals surface area contributed by atoms with E-state index in [0.29, 0.717) is 10.3 Å². The SMILES string of the molecule is Cc1csc(NC(=O)CSc2nnc3c4c(C)c(C)sc4nc(C(C)C)n23)n1. The zero-order valence-electron chi connectivity index (χ0n) is 16.2. The highest BCUT2D eigenvalue weighted by Gasteiger charge is 2.21. The molecule has 0 saturated heterocycles. The first kappa shape index (κ1) is 19.3. The van der Waals surface area contributed by atoms with Crippen LogP contribution in [0.1, 0.15) is 41.7 Å². The molecule has 0 aliphatic heterocycles. The van der Waals surface area contributed by atoms with Crippen molar-refractivity contribution in [2.45, 2.75) is 45.7 Å². The molecule has 4 heterocycles. The van der Waals surface area contributed by atoms with Gasteiger partial charge < -0.3 is 5.32 Å². The summed E-state index contributed by atoms with van der Waals surface area (Å²) in [7, 11) is 0. The van der Waals surface area contributed by atoms with Crippen LogP contribution >= 0.6 is 34.4 Å². The molecule has 0 radical (unpaired) electrons. The Hall–Kier alpha value is -2.04. The Bertz CT molecular complexity index is 1190. The first-order valence-corrected chi connectivity index (χ1v) is 11.5. The second kappa shape index (κ2) is 7.41. The van der Waals surface area contributed by atoms with Gasteiger partial charge in [0.05, 0.1) is 16.8 Å². The largest absolute Gasteiger partial charge is 0.301 e. The predicted octanol–water partition coefficient (Wildman–Crippen LogP) is 4.57. The van der Waals surface area contributed by atoms with Crippen LogP contribution in [0.3, 0.4) is 0 Å². The van der Waals surface area contributed by atoms with E-state index in [9.17, 15) is 4.79 Å². The first-order chi connectivity index (χ1) is 13.3. The Balaban J connectivity index is 1.67. The first-order valence-electron chi connectivity index (χ1n) is 8.84. The summed E-state index contributed by atoms with van der Waals surface area (Å²) in [6, 6.07) is 0. The zero-order chi connectivity index (χ0) is 20.0. The summed E-state index contributed by atoms with van der Waals surface area (Å²) < 4.78 is 2.00. The maximum atomic E-state index is 12.3. The number of hydrogen-bond acceptors (Lipinski definition) is 8. The lowest BCUT2D eigenvalue weighted by atomic mass is 10.2. The van der Waals surface area contributed by atoms with Crippen LogP contribution in [0.25, 0.3) is 15.9 Å². The van der Waals surface area contributed by atoms with Gasteiger partial charge in [-0.05, 0) is 26.3 Å². The highest BCUT2D eigenvalue weighted by molar-refractivity contribution is 7.99. The van der Waals surface area contributed by atoms with Crippen LogP contribution in [0.5, 0.6) is 0 Å². The number of fused-ring (bicyclic) bond motifs is 3. The Kier molecular flexibility index (Phi) is 5.11. The van der Waals surface area contributed by atoms with Crippen molar-refractivity contribution in [2.24, 2.45) is 0 Å². The van der Waals surface area contributed by atoms with Crippen molar-refractivity contribution in [2.75, 3.05) is 11.1 Å². The van der Waals surface area contributed by atoms with Gasteiger partial charge >= 0.3 is 0 Å². The van der Waals surface area contributed by atoms with Crippen LogP contribution in [0.4, 0.5) is 5.13 Å². The number of nitrogens with zero attached hydrogens (tertiary/aromatic N) is 5. The molecule has 0 aromatic carbocycles. The molecule has 0 saturated carbocycles. The number of amides is 1. The lowest BCUT2D eigenvalue weighted by Crippen LogP contribution is -2.14. The lowest BCUT2D eigenvalue weighted by molar-refractivity contribution is -0.113. The number of anilines is 1. The molecule has 10 heteroatoms. The molecule has 0 unspecified atom stereocenters. The van der Waals surface area contributed by atoms with Gasteiger partial charge in [0.2, 0.25) is 5.91 Å². The van der Waals surface area contributed by atoms with E-state index in [-0.39, 0.29) is 17.6 Å². The number of hydrogen-bond donors (Lipinski definition) is 1. The molecule has 0 aliphatic rings. The molecular weight excluding hydrogens is 412 g/mol. The summed E-state index contributed by atoms with van der Waals surface area (Å²) in [6.45, 7) is 10.3. The molecule has 0 atom stereocenters. The molecule has 4 rings (SSSR count). The molecule has 28 heavy (non-hydrogen) atoms. The van der Waals surface area contributed by atoms with Gasteiger partial charge in [-0.3, -0.25) is 9.20 Å². The molecule has 1 N–H and O–H groups in total. The molecule has 0 aliphatic carbocycles. The van der Waals surface area contributed by atoms with Crippen molar-refractivity contribution >= 4 is 61.3 Å². The summed E-state index contributed by atoms with van der Waals surface area (Å²) in [4.78, 5) is 23.7. The molecule has 0 bridgehead atoms. The van der Waals surface area contributed by atoms with Crippen LogP contribution in [0.2, 0.25) is 0 Å². The maximum Gasteiger partial charge on any atom is 0.236 e. The summed E-state index contributed by atoms with van der Waals surface area (Å²) in [5, 5.41) is 15.9. The zero-order valence-corrected chi connectivity index (χ0v) is 18.7. The van der Waals surface area contributed by atoms with Crippen molar-refractivity contribution in [3.05, 3.63) is 27.3 Å². The Morgan fingerprint density at radius 2 is 2.04 bits per heavy atom. The van der Waals surface area contributed by atoms with Gasteiger partial charge in [-0.25, -0.2) is 9.97 Å². The normalized spacial score (nSPS) is 11.8. The smallest absolute Gasteiger partial charge is 0.236 e. The van der Waals surface area contributed by atoms with E-state index in [1.54, 1.807) is 11.3 Å². The summed E-state index contributed by atoms with van der Waals surface area (Å²) in [6.07, 6.45) is 0. The number of rotatable bonds is 5. The van der Waals surface area contributed by atoms with Crippen LogP contribution in [-0.4, -0.2) is 36.2 Å². The number of carbonyl (C=O) groups is 1. The summed E-state index contributed by atoms with van der Waals surface area (Å²) in [5.74, 6) is 1.24. The quantitative estimate of drug-likeness (QED) is 0.465. The van der Waals surface area contributed by atoms with Crippen molar-refractivity contribution in [3.63, 3.8) is 0 Å². The Labute approximate surface area is 174 Å². The van der Waals surface area contributed by atoms with Crippen LogP contribution in [0.15, 0.2) is 10.5 Å². The van der Waals surface area contributed by atoms with E-state index in [1.807, 2.05) is 16.7 Å². The van der Waals surface area contributed by atoms with E-state index in [2.05, 4.69) is 48.2 Å². The summed E-state index contributed by atoms with van der Waals surface area (Å²) in [5.41, 5.74) is 2.90. The molecule has 146 valence electrons. The minimum Gasteiger partial charge on any atom is -0.301 e. The van der Waals surface area contributed by atoms with E-state index in [1.165, 1.54) is 33.5 Å². The number of thiophene rings is 1. The van der Waals surface area contributed by atoms with Gasteiger partial charge in [0.1, 0.15) is 10.7 Å². The second-order valence-electron chi connectivity index (χ2n) is 6.86. The van der Waals surface area contributed by atoms with Crippen molar-refractivity contribution in [1.82, 2.24) is 24.6 Å². The van der Waals surface area contributed by atoms with E-state index in [0.717, 1.165) is 27.4 Å². The van der Waals surface area contributed by atoms with Gasteiger partial charge in [0.15, 0.2) is 15.9 Å². The van der Waals surface area contributed by atoms with Crippen molar-refractivity contribution in [3.8, 4) is 0 Å². The fourth-order valence-corrected chi connectivity index (χ4v) is 5.40. The van der Waals surface area contributed by atoms with Crippen LogP contribution in [-0.2, 0) is 4.79 Å². The molecule has 4 aromatic rings. The molecule has 1 amide bonds. The van der Waals surface area contributed by atoms with E-state index >= 15 is 0 Å². The van der Waals surface area contributed by atoms with Gasteiger partial charge in [-0.15, -0.1) is 32.9 Å². The highest BCUT2D eigenvalue weighted by atomic mass is 32.2. The van der Waals surface area contributed by atoms with Gasteiger partial charge in [0.25, 0.3) is 0 Å². The monoisotopic (exact) mass is 432 g/mol. The standard InChI is InChI=1S/C18H20N6OS3/c1-8(2)14-21-16-13(10(4)11(5)28-16)15-22-23-18(24(14)15)27-7-12(25)20-17-19-9(3)6-26-17/h6,8H,7H2,1-5H3,(H,19,20,25). The molecule has 4 aromatic heterocycles. The van der Waals surface area contributed by atoms with Crippen molar-refractivity contribution < 1.29 is 4.79 Å². The summed E-state index contributed by atoms with van der Waals surface area (Å²) >= 11 is 4.47. The van der Waals surface area contributed by atoms with Crippen LogP contribution in [0, 0.1) is 20.8 Å². The average molecular weight is 433 g/mol. The number of nitrogens with one attached hydrogen (secondary N) is 1. The average Bonchev–Trinajstić information content (AvgIpc) is 3.31. The predicted molar refractivity (Wildman–Crippen MR) is 116 cm³/mol. The lowest BCUT2D eigenvalue weighted by Gasteiger charge is -2.10. The Morgan fingerprint density at radius 1 is 1.25 bits per heavy atom. The minimum atomic E-state index is -0.112. The topological polar surface area (TPSA) is 85.1 Å². The number of thioether (sulfide) groups is 1. The van der Waals surface area contributed by atoms with Gasteiger partial charge in [-0.1, -0.05) is 25.6 Å². The molecular formula is C18H20N6OS3. The number of thiazole rings is 1. The maximum absolute atomic E-state index is 12.3. The number of aromatic nitrogens is 5. The fourth-order valence-electron chi connectivity index (χ4n) is 2.92. The molecule has 0 spiro atoms. The second-order valence-corrected chi connectivity index (χ2v) is 9.86.